The minimum Gasteiger partial charge on any atom is -0.373 e. The van der Waals surface area contributed by atoms with Crippen molar-refractivity contribution in [3.8, 4) is 0 Å². The molecule has 1 saturated heterocycles. The zero-order valence-electron chi connectivity index (χ0n) is 13.2. The Balaban J connectivity index is 1.93. The Hall–Kier alpha value is -2.21. The third-order valence-corrected chi connectivity index (χ3v) is 4.45. The molecular weight excluding hydrogens is 294 g/mol. The first-order valence-electron chi connectivity index (χ1n) is 7.87. The summed E-state index contributed by atoms with van der Waals surface area (Å²) in [6.07, 6.45) is 2.16. The van der Waals surface area contributed by atoms with E-state index >= 15 is 0 Å². The topological polar surface area (TPSA) is 85.5 Å². The van der Waals surface area contributed by atoms with E-state index in [2.05, 4.69) is 11.6 Å². The molecule has 1 fully saturated rings. The first kappa shape index (κ1) is 15.7. The van der Waals surface area contributed by atoms with E-state index in [1.54, 1.807) is 11.0 Å². The van der Waals surface area contributed by atoms with Gasteiger partial charge in [-0.15, -0.1) is 0 Å². The number of aromatic nitrogens is 1. The molecule has 0 saturated carbocycles. The Bertz CT molecular complexity index is 671. The number of nitrogens with zero attached hydrogens (tertiary/aromatic N) is 2. The van der Waals surface area contributed by atoms with E-state index < -0.39 is 5.91 Å². The molecule has 1 aromatic rings. The van der Waals surface area contributed by atoms with Crippen LogP contribution in [0.5, 0.6) is 0 Å². The number of pyridine rings is 1. The number of fused-ring (bicyclic) bond motifs is 1. The predicted octanol–water partition coefficient (Wildman–Crippen LogP) is 1.44. The lowest BCUT2D eigenvalue weighted by molar-refractivity contribution is -0.123. The summed E-state index contributed by atoms with van der Waals surface area (Å²) in [4.78, 5) is 30.4. The van der Waals surface area contributed by atoms with Gasteiger partial charge in [-0.25, -0.2) is 4.98 Å². The Morgan fingerprint density at radius 3 is 2.91 bits per heavy atom. The molecule has 6 nitrogen and oxygen atoms in total. The van der Waals surface area contributed by atoms with Crippen molar-refractivity contribution >= 4 is 17.6 Å². The van der Waals surface area contributed by atoms with Crippen LogP contribution in [-0.2, 0) is 16.0 Å². The maximum absolute atomic E-state index is 13.0. The SMILES string of the molecule is C=C(C)[C@H]1OCC[C@H]1C(=O)N1CCCc2ccc(C(N)=O)nc21. The van der Waals surface area contributed by atoms with Gasteiger partial charge in [0.1, 0.15) is 11.5 Å². The molecule has 0 radical (unpaired) electrons. The van der Waals surface area contributed by atoms with Gasteiger partial charge in [0.25, 0.3) is 5.91 Å². The molecule has 2 amide bonds. The number of nitrogens with two attached hydrogens (primary N) is 1. The molecule has 6 heteroatoms. The summed E-state index contributed by atoms with van der Waals surface area (Å²) in [7, 11) is 0. The van der Waals surface area contributed by atoms with E-state index in [9.17, 15) is 9.59 Å². The van der Waals surface area contributed by atoms with Crippen molar-refractivity contribution < 1.29 is 14.3 Å². The number of rotatable bonds is 3. The molecule has 0 spiro atoms. The monoisotopic (exact) mass is 315 g/mol. The van der Waals surface area contributed by atoms with Crippen LogP contribution >= 0.6 is 0 Å². The van der Waals surface area contributed by atoms with Crippen molar-refractivity contribution in [1.29, 1.82) is 0 Å². The number of hydrogen-bond donors (Lipinski definition) is 1. The summed E-state index contributed by atoms with van der Waals surface area (Å²) in [5.74, 6) is -0.275. The average molecular weight is 315 g/mol. The Morgan fingerprint density at radius 1 is 1.43 bits per heavy atom. The molecule has 3 rings (SSSR count). The molecule has 0 unspecified atom stereocenters. The Labute approximate surface area is 135 Å². The molecule has 2 atom stereocenters. The van der Waals surface area contributed by atoms with Crippen LogP contribution < -0.4 is 10.6 Å². The molecule has 0 aromatic carbocycles. The van der Waals surface area contributed by atoms with Crippen molar-refractivity contribution in [3.05, 3.63) is 35.5 Å². The van der Waals surface area contributed by atoms with Gasteiger partial charge in [-0.2, -0.15) is 0 Å². The van der Waals surface area contributed by atoms with E-state index in [0.717, 1.165) is 24.0 Å². The number of hydrogen-bond acceptors (Lipinski definition) is 4. The zero-order chi connectivity index (χ0) is 16.6. The van der Waals surface area contributed by atoms with E-state index in [-0.39, 0.29) is 23.6 Å². The lowest BCUT2D eigenvalue weighted by Gasteiger charge is -2.31. The first-order valence-corrected chi connectivity index (χ1v) is 7.87. The second kappa shape index (κ2) is 6.12. The molecule has 2 aliphatic heterocycles. The van der Waals surface area contributed by atoms with Gasteiger partial charge in [-0.05, 0) is 37.8 Å². The van der Waals surface area contributed by atoms with Gasteiger partial charge in [0, 0.05) is 13.2 Å². The second-order valence-electron chi connectivity index (χ2n) is 6.17. The predicted molar refractivity (Wildman–Crippen MR) is 86.1 cm³/mol. The normalized spacial score (nSPS) is 23.4. The van der Waals surface area contributed by atoms with Crippen LogP contribution in [-0.4, -0.2) is 36.1 Å². The molecular formula is C17H21N3O3. The molecule has 122 valence electrons. The summed E-state index contributed by atoms with van der Waals surface area (Å²) in [5.41, 5.74) is 7.33. The van der Waals surface area contributed by atoms with Gasteiger partial charge >= 0.3 is 0 Å². The highest BCUT2D eigenvalue weighted by molar-refractivity contribution is 5.97. The van der Waals surface area contributed by atoms with Gasteiger partial charge in [0.2, 0.25) is 5.91 Å². The highest BCUT2D eigenvalue weighted by Crippen LogP contribution is 2.32. The van der Waals surface area contributed by atoms with Crippen molar-refractivity contribution in [2.24, 2.45) is 11.7 Å². The number of carbonyl (C=O) groups is 2. The number of ether oxygens (including phenoxy) is 1. The van der Waals surface area contributed by atoms with E-state index in [1.807, 2.05) is 13.0 Å². The molecule has 0 bridgehead atoms. The van der Waals surface area contributed by atoms with Crippen LogP contribution in [0.4, 0.5) is 5.82 Å². The fraction of sp³-hybridized carbons (Fsp3) is 0.471. The molecule has 2 N–H and O–H groups in total. The Kier molecular flexibility index (Phi) is 4.17. The third-order valence-electron chi connectivity index (χ3n) is 4.45. The molecule has 1 aromatic heterocycles. The molecule has 23 heavy (non-hydrogen) atoms. The number of carbonyl (C=O) groups excluding carboxylic acids is 2. The lowest BCUT2D eigenvalue weighted by atomic mass is 9.94. The van der Waals surface area contributed by atoms with Crippen LogP contribution in [0.15, 0.2) is 24.3 Å². The van der Waals surface area contributed by atoms with E-state index in [4.69, 9.17) is 10.5 Å². The summed E-state index contributed by atoms with van der Waals surface area (Å²) in [6.45, 7) is 6.96. The molecule has 2 aliphatic rings. The van der Waals surface area contributed by atoms with Crippen LogP contribution in [0.3, 0.4) is 0 Å². The zero-order valence-corrected chi connectivity index (χ0v) is 13.2. The quantitative estimate of drug-likeness (QED) is 0.855. The third kappa shape index (κ3) is 2.86. The smallest absolute Gasteiger partial charge is 0.267 e. The van der Waals surface area contributed by atoms with Crippen LogP contribution in [0, 0.1) is 5.92 Å². The summed E-state index contributed by atoms with van der Waals surface area (Å²) in [6, 6.07) is 3.45. The maximum atomic E-state index is 13.0. The Morgan fingerprint density at radius 2 is 2.22 bits per heavy atom. The lowest BCUT2D eigenvalue weighted by Crippen LogP contribution is -2.43. The second-order valence-corrected chi connectivity index (χ2v) is 6.17. The number of primary amides is 1. The van der Waals surface area contributed by atoms with E-state index in [1.165, 1.54) is 0 Å². The number of aryl methyl sites for hydroxylation is 1. The maximum Gasteiger partial charge on any atom is 0.267 e. The van der Waals surface area contributed by atoms with Crippen LogP contribution in [0.1, 0.15) is 35.8 Å². The fourth-order valence-electron chi connectivity index (χ4n) is 3.32. The van der Waals surface area contributed by atoms with Crippen molar-refractivity contribution in [3.63, 3.8) is 0 Å². The van der Waals surface area contributed by atoms with E-state index in [0.29, 0.717) is 25.4 Å². The van der Waals surface area contributed by atoms with Crippen LogP contribution in [0.25, 0.3) is 0 Å². The highest BCUT2D eigenvalue weighted by atomic mass is 16.5. The van der Waals surface area contributed by atoms with Gasteiger partial charge in [-0.3, -0.25) is 14.5 Å². The average Bonchev–Trinajstić information content (AvgIpc) is 3.03. The van der Waals surface area contributed by atoms with Gasteiger partial charge in [0.05, 0.1) is 12.0 Å². The number of amides is 2. The summed E-state index contributed by atoms with van der Waals surface area (Å²) < 4.78 is 5.65. The standard InChI is InChI=1S/C17H21N3O3/c1-10(2)14-12(7-9-23-14)17(22)20-8-3-4-11-5-6-13(15(18)21)19-16(11)20/h5-6,12,14H,1,3-4,7-9H2,2H3,(H2,18,21)/t12-,14-/m1/s1. The molecule has 3 heterocycles. The largest absolute Gasteiger partial charge is 0.373 e. The van der Waals surface area contributed by atoms with Crippen molar-refractivity contribution in [1.82, 2.24) is 4.98 Å². The first-order chi connectivity index (χ1) is 11.0. The number of anilines is 1. The van der Waals surface area contributed by atoms with Crippen molar-refractivity contribution in [2.75, 3.05) is 18.1 Å². The minimum absolute atomic E-state index is 0.00873. The molecule has 0 aliphatic carbocycles. The highest BCUT2D eigenvalue weighted by Gasteiger charge is 2.39. The summed E-state index contributed by atoms with van der Waals surface area (Å²) >= 11 is 0. The van der Waals surface area contributed by atoms with Crippen molar-refractivity contribution in [2.45, 2.75) is 32.3 Å². The van der Waals surface area contributed by atoms with Gasteiger partial charge in [0.15, 0.2) is 0 Å². The summed E-state index contributed by atoms with van der Waals surface area (Å²) in [5, 5.41) is 0. The van der Waals surface area contributed by atoms with Gasteiger partial charge in [-0.1, -0.05) is 18.2 Å². The minimum atomic E-state index is -0.588. The fourth-order valence-corrected chi connectivity index (χ4v) is 3.32. The van der Waals surface area contributed by atoms with Crippen LogP contribution in [0.2, 0.25) is 0 Å². The van der Waals surface area contributed by atoms with Gasteiger partial charge < -0.3 is 10.5 Å².